The summed E-state index contributed by atoms with van der Waals surface area (Å²) in [6, 6.07) is 7.19. The van der Waals surface area contributed by atoms with Gasteiger partial charge in [-0.05, 0) is 47.6 Å². The molecule has 1 heterocycles. The van der Waals surface area contributed by atoms with Crippen LogP contribution < -0.4 is 0 Å². The van der Waals surface area contributed by atoms with E-state index in [1.165, 1.54) is 25.9 Å². The Bertz CT molecular complexity index is 496. The fourth-order valence-corrected chi connectivity index (χ4v) is 4.29. The molecule has 0 aromatic heterocycles. The van der Waals surface area contributed by atoms with E-state index in [2.05, 4.69) is 25.7 Å². The summed E-state index contributed by atoms with van der Waals surface area (Å²) in [5.41, 5.74) is 1.75. The molecule has 2 heteroatoms. The fourth-order valence-electron chi connectivity index (χ4n) is 4.29. The molecule has 1 saturated carbocycles. The number of nitrogens with zero attached hydrogens (tertiary/aromatic N) is 1. The van der Waals surface area contributed by atoms with Crippen LogP contribution in [0.1, 0.15) is 39.2 Å². The monoisotopic (exact) mass is 275 g/mol. The molecule has 0 spiro atoms. The average Bonchev–Trinajstić information content (AvgIpc) is 2.55. The van der Waals surface area contributed by atoms with Crippen molar-refractivity contribution in [1.82, 2.24) is 4.90 Å². The van der Waals surface area contributed by atoms with Crippen LogP contribution in [-0.2, 0) is 6.42 Å². The minimum Gasteiger partial charge on any atom is -0.302 e. The third kappa shape index (κ3) is 2.18. The molecule has 2 bridgehead atoms. The van der Waals surface area contributed by atoms with E-state index < -0.39 is 0 Å². The number of piperidine rings is 1. The van der Waals surface area contributed by atoms with E-state index in [1.807, 2.05) is 12.1 Å². The van der Waals surface area contributed by atoms with Gasteiger partial charge in [-0.2, -0.15) is 0 Å². The number of likely N-dealkylation sites (tertiary alicyclic amines) is 1. The lowest BCUT2D eigenvalue weighted by atomic mass is 9.63. The number of hydrogen-bond acceptors (Lipinski definition) is 1. The van der Waals surface area contributed by atoms with E-state index in [0.29, 0.717) is 10.8 Å². The highest BCUT2D eigenvalue weighted by atomic mass is 19.1. The van der Waals surface area contributed by atoms with Crippen molar-refractivity contribution in [1.29, 1.82) is 0 Å². The molecule has 1 aromatic carbocycles. The Balaban J connectivity index is 1.65. The Kier molecular flexibility index (Phi) is 3.40. The van der Waals surface area contributed by atoms with Crippen molar-refractivity contribution in [3.05, 3.63) is 35.6 Å². The first-order valence-electron chi connectivity index (χ1n) is 7.88. The van der Waals surface area contributed by atoms with Gasteiger partial charge in [-0.3, -0.25) is 0 Å². The van der Waals surface area contributed by atoms with Gasteiger partial charge in [0.05, 0.1) is 0 Å². The van der Waals surface area contributed by atoms with Crippen LogP contribution in [0.2, 0.25) is 0 Å². The molecular weight excluding hydrogens is 249 g/mol. The predicted octanol–water partition coefficient (Wildman–Crippen LogP) is 4.13. The highest BCUT2D eigenvalue weighted by Crippen LogP contribution is 2.58. The van der Waals surface area contributed by atoms with Crippen LogP contribution in [0, 0.1) is 22.6 Å². The highest BCUT2D eigenvalue weighted by Gasteiger charge is 2.55. The van der Waals surface area contributed by atoms with Crippen LogP contribution >= 0.6 is 0 Å². The van der Waals surface area contributed by atoms with Crippen molar-refractivity contribution in [2.75, 3.05) is 19.6 Å². The van der Waals surface area contributed by atoms with Gasteiger partial charge in [0.15, 0.2) is 0 Å². The first kappa shape index (κ1) is 14.1. The lowest BCUT2D eigenvalue weighted by Crippen LogP contribution is -2.52. The van der Waals surface area contributed by atoms with E-state index >= 15 is 0 Å². The quantitative estimate of drug-likeness (QED) is 0.802. The van der Waals surface area contributed by atoms with Crippen LogP contribution in [0.4, 0.5) is 4.39 Å². The third-order valence-electron chi connectivity index (χ3n) is 6.33. The molecule has 1 aliphatic heterocycles. The van der Waals surface area contributed by atoms with E-state index in [0.717, 1.165) is 24.4 Å². The van der Waals surface area contributed by atoms with E-state index in [9.17, 15) is 4.39 Å². The van der Waals surface area contributed by atoms with Gasteiger partial charge >= 0.3 is 0 Å². The fraction of sp³-hybridized carbons (Fsp3) is 0.667. The lowest BCUT2D eigenvalue weighted by Gasteiger charge is -2.50. The zero-order valence-electron chi connectivity index (χ0n) is 13.0. The van der Waals surface area contributed by atoms with E-state index in [4.69, 9.17) is 0 Å². The minimum atomic E-state index is -0.0565. The second kappa shape index (κ2) is 4.84. The van der Waals surface area contributed by atoms with Gasteiger partial charge in [-0.25, -0.2) is 4.39 Å². The van der Waals surface area contributed by atoms with Crippen LogP contribution in [0.3, 0.4) is 0 Å². The lowest BCUT2D eigenvalue weighted by molar-refractivity contribution is -0.0170. The Morgan fingerprint density at radius 3 is 2.70 bits per heavy atom. The summed E-state index contributed by atoms with van der Waals surface area (Å²) in [4.78, 5) is 2.56. The standard InChI is InChI=1S/C18H26FN/c1-17(2)15-8-10-18(17,3)13-20(12-15)11-9-14-6-4-5-7-16(14)19/h4-7,15H,8-13H2,1-3H3/t15?,18-/m0/s1. The van der Waals surface area contributed by atoms with Crippen molar-refractivity contribution in [3.8, 4) is 0 Å². The Morgan fingerprint density at radius 2 is 2.00 bits per heavy atom. The maximum Gasteiger partial charge on any atom is 0.126 e. The Hall–Kier alpha value is -0.890. The van der Waals surface area contributed by atoms with Gasteiger partial charge in [0.2, 0.25) is 0 Å². The molecule has 20 heavy (non-hydrogen) atoms. The molecule has 0 amide bonds. The Morgan fingerprint density at radius 1 is 1.25 bits per heavy atom. The summed E-state index contributed by atoms with van der Waals surface area (Å²) >= 11 is 0. The van der Waals surface area contributed by atoms with Gasteiger partial charge in [0.25, 0.3) is 0 Å². The summed E-state index contributed by atoms with van der Waals surface area (Å²) in [5.74, 6) is 0.751. The zero-order chi connectivity index (χ0) is 14.4. The topological polar surface area (TPSA) is 3.24 Å². The molecule has 2 aliphatic rings. The first-order valence-corrected chi connectivity index (χ1v) is 7.88. The van der Waals surface area contributed by atoms with Crippen molar-refractivity contribution < 1.29 is 4.39 Å². The predicted molar refractivity (Wildman–Crippen MR) is 81.2 cm³/mol. The SMILES string of the molecule is CC1(C)C2CC[C@@]1(C)CN(CCc1ccccc1F)C2. The second-order valence-corrected chi connectivity index (χ2v) is 7.59. The number of rotatable bonds is 3. The van der Waals surface area contributed by atoms with Gasteiger partial charge in [-0.15, -0.1) is 0 Å². The van der Waals surface area contributed by atoms with Crippen LogP contribution in [-0.4, -0.2) is 24.5 Å². The van der Waals surface area contributed by atoms with Crippen molar-refractivity contribution in [2.24, 2.45) is 16.7 Å². The maximum atomic E-state index is 13.7. The molecule has 110 valence electrons. The van der Waals surface area contributed by atoms with Crippen molar-refractivity contribution in [2.45, 2.75) is 40.0 Å². The third-order valence-corrected chi connectivity index (χ3v) is 6.33. The molecular formula is C18H26FN. The minimum absolute atomic E-state index is 0.0565. The summed E-state index contributed by atoms with van der Waals surface area (Å²) in [7, 11) is 0. The molecule has 1 aromatic rings. The van der Waals surface area contributed by atoms with E-state index in [1.54, 1.807) is 12.1 Å². The normalized spacial score (nSPS) is 32.5. The summed E-state index contributed by atoms with van der Waals surface area (Å²) in [5, 5.41) is 0. The zero-order valence-corrected chi connectivity index (χ0v) is 13.0. The summed E-state index contributed by atoms with van der Waals surface area (Å²) in [6.07, 6.45) is 3.54. The number of halogens is 1. The highest BCUT2D eigenvalue weighted by molar-refractivity contribution is 5.17. The average molecular weight is 275 g/mol. The second-order valence-electron chi connectivity index (χ2n) is 7.59. The van der Waals surface area contributed by atoms with Gasteiger partial charge in [-0.1, -0.05) is 39.0 Å². The molecule has 0 radical (unpaired) electrons. The largest absolute Gasteiger partial charge is 0.302 e. The molecule has 1 nitrogen and oxygen atoms in total. The van der Waals surface area contributed by atoms with Crippen LogP contribution in [0.25, 0.3) is 0 Å². The number of hydrogen-bond donors (Lipinski definition) is 0. The molecule has 2 fully saturated rings. The first-order chi connectivity index (χ1) is 9.42. The number of fused-ring (bicyclic) bond motifs is 2. The van der Waals surface area contributed by atoms with Crippen LogP contribution in [0.15, 0.2) is 24.3 Å². The van der Waals surface area contributed by atoms with Gasteiger partial charge in [0.1, 0.15) is 5.82 Å². The maximum absolute atomic E-state index is 13.7. The van der Waals surface area contributed by atoms with Gasteiger partial charge < -0.3 is 4.90 Å². The van der Waals surface area contributed by atoms with Crippen molar-refractivity contribution >= 4 is 0 Å². The molecule has 1 saturated heterocycles. The Labute approximate surface area is 122 Å². The summed E-state index contributed by atoms with van der Waals surface area (Å²) in [6.45, 7) is 10.7. The molecule has 0 N–H and O–H groups in total. The number of benzene rings is 1. The van der Waals surface area contributed by atoms with Crippen LogP contribution in [0.5, 0.6) is 0 Å². The summed E-state index contributed by atoms with van der Waals surface area (Å²) < 4.78 is 13.7. The van der Waals surface area contributed by atoms with E-state index in [-0.39, 0.29) is 5.82 Å². The molecule has 2 atom stereocenters. The van der Waals surface area contributed by atoms with Crippen molar-refractivity contribution in [3.63, 3.8) is 0 Å². The van der Waals surface area contributed by atoms with Gasteiger partial charge in [0, 0.05) is 19.6 Å². The molecule has 1 unspecified atom stereocenters. The molecule has 3 rings (SSSR count). The smallest absolute Gasteiger partial charge is 0.126 e. The molecule has 1 aliphatic carbocycles.